The minimum absolute atomic E-state index is 0.00140. The molecular weight excluding hydrogens is 368 g/mol. The second kappa shape index (κ2) is 8.27. The molecule has 0 saturated heterocycles. The Morgan fingerprint density at radius 2 is 1.88 bits per heavy atom. The van der Waals surface area contributed by atoms with Crippen molar-refractivity contribution in [1.82, 2.24) is 10.9 Å². The highest BCUT2D eigenvalue weighted by molar-refractivity contribution is 7.80. The zero-order valence-corrected chi connectivity index (χ0v) is 14.5. The number of methoxy groups -OCH3 is 1. The fraction of sp³-hybridized carbons (Fsp3) is 0.0667. The van der Waals surface area contributed by atoms with Crippen molar-refractivity contribution in [2.75, 3.05) is 12.4 Å². The highest BCUT2D eigenvalue weighted by Crippen LogP contribution is 2.23. The van der Waals surface area contributed by atoms with E-state index >= 15 is 0 Å². The van der Waals surface area contributed by atoms with Crippen molar-refractivity contribution in [3.8, 4) is 5.75 Å². The Bertz CT molecular complexity index is 814. The maximum absolute atomic E-state index is 12.2. The lowest BCUT2D eigenvalue weighted by atomic mass is 10.1. The molecule has 0 unspecified atom stereocenters. The number of halogens is 1. The predicted molar refractivity (Wildman–Crippen MR) is 97.9 cm³/mol. The standard InChI is InChI=1S/C15H13ClN4O4S/c1-24-13-7-6-11(20(22)23)8-12(13)14(21)18-19-15(25)17-10-4-2-9(16)3-5-10/h2-8H,1H3,(H,18,21)(H2,17,19,25). The Morgan fingerprint density at radius 3 is 2.48 bits per heavy atom. The van der Waals surface area contributed by atoms with Gasteiger partial charge in [-0.3, -0.25) is 25.8 Å². The van der Waals surface area contributed by atoms with E-state index in [1.165, 1.54) is 19.2 Å². The van der Waals surface area contributed by atoms with Gasteiger partial charge in [-0.05, 0) is 42.5 Å². The summed E-state index contributed by atoms with van der Waals surface area (Å²) in [4.78, 5) is 22.5. The van der Waals surface area contributed by atoms with E-state index in [0.29, 0.717) is 10.7 Å². The Morgan fingerprint density at radius 1 is 1.20 bits per heavy atom. The third-order valence-corrected chi connectivity index (χ3v) is 3.49. The summed E-state index contributed by atoms with van der Waals surface area (Å²) < 4.78 is 5.04. The van der Waals surface area contributed by atoms with Gasteiger partial charge in [-0.25, -0.2) is 0 Å². The van der Waals surface area contributed by atoms with Crippen LogP contribution in [-0.2, 0) is 0 Å². The van der Waals surface area contributed by atoms with Crippen molar-refractivity contribution >= 4 is 46.2 Å². The smallest absolute Gasteiger partial charge is 0.273 e. The molecule has 25 heavy (non-hydrogen) atoms. The number of ether oxygens (including phenoxy) is 1. The summed E-state index contributed by atoms with van der Waals surface area (Å²) in [5, 5.41) is 14.4. The van der Waals surface area contributed by atoms with Crippen molar-refractivity contribution in [1.29, 1.82) is 0 Å². The van der Waals surface area contributed by atoms with Crippen molar-refractivity contribution in [3.05, 3.63) is 63.2 Å². The maximum atomic E-state index is 12.2. The quantitative estimate of drug-likeness (QED) is 0.425. The van der Waals surface area contributed by atoms with Gasteiger partial charge in [0.15, 0.2) is 5.11 Å². The summed E-state index contributed by atoms with van der Waals surface area (Å²) in [6.07, 6.45) is 0. The molecule has 3 N–H and O–H groups in total. The zero-order chi connectivity index (χ0) is 18.4. The molecule has 10 heteroatoms. The number of nitrogens with zero attached hydrogens (tertiary/aromatic N) is 1. The predicted octanol–water partition coefficient (Wildman–Crippen LogP) is 2.89. The second-order valence-corrected chi connectivity index (χ2v) is 5.53. The molecule has 0 bridgehead atoms. The van der Waals surface area contributed by atoms with Gasteiger partial charge in [-0.2, -0.15) is 0 Å². The van der Waals surface area contributed by atoms with Crippen LogP contribution in [0.15, 0.2) is 42.5 Å². The van der Waals surface area contributed by atoms with Crippen LogP contribution in [0.25, 0.3) is 0 Å². The van der Waals surface area contributed by atoms with Crippen molar-refractivity contribution < 1.29 is 14.5 Å². The second-order valence-electron chi connectivity index (χ2n) is 4.68. The minimum Gasteiger partial charge on any atom is -0.496 e. The van der Waals surface area contributed by atoms with E-state index in [1.807, 2.05) is 0 Å². The van der Waals surface area contributed by atoms with E-state index < -0.39 is 10.8 Å². The largest absolute Gasteiger partial charge is 0.496 e. The number of nitro benzene ring substituents is 1. The van der Waals surface area contributed by atoms with Crippen LogP contribution in [0.3, 0.4) is 0 Å². The fourth-order valence-electron chi connectivity index (χ4n) is 1.86. The molecule has 0 atom stereocenters. The first kappa shape index (κ1) is 18.4. The SMILES string of the molecule is COc1ccc([N+](=O)[O-])cc1C(=O)NNC(=S)Nc1ccc(Cl)cc1. The number of nitro groups is 1. The highest BCUT2D eigenvalue weighted by Gasteiger charge is 2.17. The minimum atomic E-state index is -0.638. The Balaban J connectivity index is 2.01. The number of nitrogens with one attached hydrogen (secondary N) is 3. The van der Waals surface area contributed by atoms with E-state index in [9.17, 15) is 14.9 Å². The van der Waals surface area contributed by atoms with E-state index in [2.05, 4.69) is 16.2 Å². The van der Waals surface area contributed by atoms with Crippen LogP contribution >= 0.6 is 23.8 Å². The van der Waals surface area contributed by atoms with Crippen molar-refractivity contribution in [2.45, 2.75) is 0 Å². The first-order valence-corrected chi connectivity index (χ1v) is 7.64. The van der Waals surface area contributed by atoms with Crippen LogP contribution in [0.4, 0.5) is 11.4 Å². The molecule has 0 aromatic heterocycles. The van der Waals surface area contributed by atoms with Gasteiger partial charge < -0.3 is 10.1 Å². The van der Waals surface area contributed by atoms with Crippen molar-refractivity contribution in [3.63, 3.8) is 0 Å². The molecule has 2 aromatic carbocycles. The molecule has 2 aromatic rings. The first-order valence-electron chi connectivity index (χ1n) is 6.86. The molecule has 8 nitrogen and oxygen atoms in total. The fourth-order valence-corrected chi connectivity index (χ4v) is 2.16. The summed E-state index contributed by atoms with van der Waals surface area (Å²) in [7, 11) is 1.36. The average Bonchev–Trinajstić information content (AvgIpc) is 2.61. The van der Waals surface area contributed by atoms with Crippen LogP contribution in [0.2, 0.25) is 5.02 Å². The number of non-ortho nitro benzene ring substituents is 1. The number of hydrogen-bond donors (Lipinski definition) is 3. The molecule has 0 spiro atoms. The van der Waals surface area contributed by atoms with Crippen LogP contribution in [0.1, 0.15) is 10.4 Å². The summed E-state index contributed by atoms with van der Waals surface area (Å²) >= 11 is 10.8. The van der Waals surface area contributed by atoms with Gasteiger partial charge in [0.25, 0.3) is 11.6 Å². The number of carbonyl (C=O) groups excluding carboxylic acids is 1. The van der Waals surface area contributed by atoms with Gasteiger partial charge >= 0.3 is 0 Å². The number of benzene rings is 2. The van der Waals surface area contributed by atoms with E-state index in [-0.39, 0.29) is 22.1 Å². The molecule has 0 aliphatic carbocycles. The number of hydrazine groups is 1. The molecule has 130 valence electrons. The zero-order valence-electron chi connectivity index (χ0n) is 12.9. The molecular formula is C15H13ClN4O4S. The number of anilines is 1. The molecule has 0 saturated carbocycles. The van der Waals surface area contributed by atoms with Gasteiger partial charge in [0.2, 0.25) is 0 Å². The van der Waals surface area contributed by atoms with E-state index in [4.69, 9.17) is 28.6 Å². The van der Waals surface area contributed by atoms with E-state index in [0.717, 1.165) is 6.07 Å². The lowest BCUT2D eigenvalue weighted by Crippen LogP contribution is -2.43. The third kappa shape index (κ3) is 5.03. The maximum Gasteiger partial charge on any atom is 0.273 e. The molecule has 0 heterocycles. The molecule has 0 aliphatic rings. The van der Waals surface area contributed by atoms with Crippen LogP contribution in [0.5, 0.6) is 5.75 Å². The monoisotopic (exact) mass is 380 g/mol. The van der Waals surface area contributed by atoms with Crippen LogP contribution in [-0.4, -0.2) is 23.1 Å². The number of carbonyl (C=O) groups is 1. The number of amides is 1. The Labute approximate surface area is 153 Å². The van der Waals surface area contributed by atoms with Gasteiger partial charge in [0.1, 0.15) is 5.75 Å². The summed E-state index contributed by atoms with van der Waals surface area (Å²) in [5.41, 5.74) is 5.30. The summed E-state index contributed by atoms with van der Waals surface area (Å²) in [5.74, 6) is -0.442. The summed E-state index contributed by atoms with van der Waals surface area (Å²) in [6, 6.07) is 10.5. The topological polar surface area (TPSA) is 106 Å². The average molecular weight is 381 g/mol. The highest BCUT2D eigenvalue weighted by atomic mass is 35.5. The Kier molecular flexibility index (Phi) is 6.09. The third-order valence-electron chi connectivity index (χ3n) is 3.03. The number of hydrogen-bond acceptors (Lipinski definition) is 5. The number of thiocarbonyl (C=S) groups is 1. The molecule has 0 fully saturated rings. The number of rotatable bonds is 4. The summed E-state index contributed by atoms with van der Waals surface area (Å²) in [6.45, 7) is 0. The van der Waals surface area contributed by atoms with Crippen LogP contribution < -0.4 is 20.9 Å². The molecule has 1 amide bonds. The van der Waals surface area contributed by atoms with Gasteiger partial charge in [-0.1, -0.05) is 11.6 Å². The van der Waals surface area contributed by atoms with Gasteiger partial charge in [-0.15, -0.1) is 0 Å². The van der Waals surface area contributed by atoms with Gasteiger partial charge in [0, 0.05) is 22.8 Å². The molecule has 0 aliphatic heterocycles. The van der Waals surface area contributed by atoms with Crippen LogP contribution in [0, 0.1) is 10.1 Å². The van der Waals surface area contributed by atoms with Gasteiger partial charge in [0.05, 0.1) is 17.6 Å². The van der Waals surface area contributed by atoms with Crippen molar-refractivity contribution in [2.24, 2.45) is 0 Å². The lowest BCUT2D eigenvalue weighted by molar-refractivity contribution is -0.384. The molecule has 0 radical (unpaired) electrons. The lowest BCUT2D eigenvalue weighted by Gasteiger charge is -2.13. The Hall–Kier alpha value is -2.91. The van der Waals surface area contributed by atoms with E-state index in [1.54, 1.807) is 24.3 Å². The molecule has 2 rings (SSSR count). The first-order chi connectivity index (χ1) is 11.9. The normalized spacial score (nSPS) is 9.84.